The maximum Gasteiger partial charge on any atom is 0.123 e. The number of H-pyrrole nitrogens is 1. The third-order valence-electron chi connectivity index (χ3n) is 3.69. The molecule has 3 rings (SSSR count). The summed E-state index contributed by atoms with van der Waals surface area (Å²) >= 11 is 0. The third kappa shape index (κ3) is 2.98. The zero-order chi connectivity index (χ0) is 14.7. The van der Waals surface area contributed by atoms with Crippen molar-refractivity contribution < 1.29 is 9.50 Å². The van der Waals surface area contributed by atoms with Crippen molar-refractivity contribution in [3.05, 3.63) is 77.6 Å². The summed E-state index contributed by atoms with van der Waals surface area (Å²) in [5.74, 6) is -0.209. The topological polar surface area (TPSA) is 36.0 Å². The van der Waals surface area contributed by atoms with E-state index >= 15 is 0 Å². The highest BCUT2D eigenvalue weighted by Crippen LogP contribution is 2.24. The molecule has 1 aromatic heterocycles. The number of hydrogen-bond donors (Lipinski definition) is 2. The number of aliphatic hydroxyl groups excluding tert-OH is 1. The van der Waals surface area contributed by atoms with Gasteiger partial charge in [0, 0.05) is 23.7 Å². The third-order valence-corrected chi connectivity index (χ3v) is 3.69. The lowest BCUT2D eigenvalue weighted by Gasteiger charge is -2.03. The first-order chi connectivity index (χ1) is 10.3. The average molecular weight is 282 g/mol. The fourth-order valence-electron chi connectivity index (χ4n) is 2.58. The van der Waals surface area contributed by atoms with Crippen molar-refractivity contribution in [2.24, 2.45) is 0 Å². The SMILES string of the molecule is OCCc1cccc2c([CH]Cc3ccc(F)cc3)c[nH]c12. The molecular weight excluding hydrogens is 265 g/mol. The lowest BCUT2D eigenvalue weighted by molar-refractivity contribution is 0.300. The van der Waals surface area contributed by atoms with E-state index in [1.54, 1.807) is 12.1 Å². The molecule has 1 heterocycles. The van der Waals surface area contributed by atoms with Gasteiger partial charge in [-0.2, -0.15) is 0 Å². The predicted octanol–water partition coefficient (Wildman–Crippen LogP) is 3.64. The van der Waals surface area contributed by atoms with E-state index < -0.39 is 0 Å². The Morgan fingerprint density at radius 2 is 1.90 bits per heavy atom. The van der Waals surface area contributed by atoms with Crippen LogP contribution in [0, 0.1) is 12.2 Å². The Hall–Kier alpha value is -2.13. The molecule has 1 radical (unpaired) electrons. The molecule has 0 aliphatic carbocycles. The van der Waals surface area contributed by atoms with Gasteiger partial charge in [-0.15, -0.1) is 0 Å². The standard InChI is InChI=1S/C18H17FNO/c19-16-8-5-13(6-9-16)4-7-15-12-20-18-14(10-11-21)2-1-3-17(15)18/h1-3,5-9,12,20-21H,4,10-11H2. The first-order valence-electron chi connectivity index (χ1n) is 7.05. The minimum atomic E-state index is -0.209. The molecule has 3 aromatic rings. The molecule has 107 valence electrons. The summed E-state index contributed by atoms with van der Waals surface area (Å²) in [5, 5.41) is 10.3. The van der Waals surface area contributed by atoms with Gasteiger partial charge in [-0.05, 0) is 48.1 Å². The Bertz CT molecular complexity index is 731. The van der Waals surface area contributed by atoms with Crippen molar-refractivity contribution in [3.8, 4) is 0 Å². The maximum absolute atomic E-state index is 12.9. The number of fused-ring (bicyclic) bond motifs is 1. The first kappa shape index (κ1) is 13.8. The van der Waals surface area contributed by atoms with Crippen molar-refractivity contribution in [1.29, 1.82) is 0 Å². The predicted molar refractivity (Wildman–Crippen MR) is 82.6 cm³/mol. The molecule has 0 aliphatic rings. The Morgan fingerprint density at radius 1 is 1.10 bits per heavy atom. The maximum atomic E-state index is 12.9. The summed E-state index contributed by atoms with van der Waals surface area (Å²) < 4.78 is 12.9. The molecule has 0 saturated heterocycles. The van der Waals surface area contributed by atoms with Crippen LogP contribution in [0.5, 0.6) is 0 Å². The molecule has 0 aliphatic heterocycles. The van der Waals surface area contributed by atoms with Crippen LogP contribution in [-0.4, -0.2) is 16.7 Å². The van der Waals surface area contributed by atoms with E-state index in [1.165, 1.54) is 12.1 Å². The minimum absolute atomic E-state index is 0.146. The van der Waals surface area contributed by atoms with Crippen molar-refractivity contribution in [3.63, 3.8) is 0 Å². The molecule has 21 heavy (non-hydrogen) atoms. The zero-order valence-corrected chi connectivity index (χ0v) is 11.6. The molecule has 0 amide bonds. The van der Waals surface area contributed by atoms with Crippen LogP contribution in [0.15, 0.2) is 48.7 Å². The van der Waals surface area contributed by atoms with E-state index in [-0.39, 0.29) is 12.4 Å². The number of halogens is 1. The molecule has 0 saturated carbocycles. The summed E-state index contributed by atoms with van der Waals surface area (Å²) in [6.07, 6.45) is 5.52. The van der Waals surface area contributed by atoms with Gasteiger partial charge < -0.3 is 10.1 Å². The van der Waals surface area contributed by atoms with E-state index in [2.05, 4.69) is 17.5 Å². The molecule has 0 unspecified atom stereocenters. The van der Waals surface area contributed by atoms with E-state index in [4.69, 9.17) is 5.11 Å². The highest BCUT2D eigenvalue weighted by Gasteiger charge is 2.07. The van der Waals surface area contributed by atoms with Crippen LogP contribution >= 0.6 is 0 Å². The molecule has 0 spiro atoms. The monoisotopic (exact) mass is 282 g/mol. The van der Waals surface area contributed by atoms with Crippen molar-refractivity contribution in [2.75, 3.05) is 6.61 Å². The minimum Gasteiger partial charge on any atom is -0.396 e. The molecule has 0 bridgehead atoms. The average Bonchev–Trinajstić information content (AvgIpc) is 2.91. The number of para-hydroxylation sites is 1. The van der Waals surface area contributed by atoms with E-state index in [9.17, 15) is 4.39 Å². The molecule has 2 aromatic carbocycles. The molecule has 0 fully saturated rings. The van der Waals surface area contributed by atoms with Gasteiger partial charge in [0.15, 0.2) is 0 Å². The Morgan fingerprint density at radius 3 is 2.67 bits per heavy atom. The van der Waals surface area contributed by atoms with E-state index in [1.807, 2.05) is 18.3 Å². The second-order valence-corrected chi connectivity index (χ2v) is 5.09. The Kier molecular flexibility index (Phi) is 4.02. The largest absolute Gasteiger partial charge is 0.396 e. The number of benzene rings is 2. The van der Waals surface area contributed by atoms with Crippen LogP contribution in [0.4, 0.5) is 4.39 Å². The number of aromatic nitrogens is 1. The van der Waals surface area contributed by atoms with Crippen LogP contribution in [0.3, 0.4) is 0 Å². The molecule has 0 atom stereocenters. The first-order valence-corrected chi connectivity index (χ1v) is 7.05. The van der Waals surface area contributed by atoms with Gasteiger partial charge in [0.2, 0.25) is 0 Å². The number of nitrogens with one attached hydrogen (secondary N) is 1. The summed E-state index contributed by atoms with van der Waals surface area (Å²) in [6, 6.07) is 12.7. The highest BCUT2D eigenvalue weighted by molar-refractivity contribution is 5.87. The summed E-state index contributed by atoms with van der Waals surface area (Å²) in [6.45, 7) is 0.146. The van der Waals surface area contributed by atoms with Gasteiger partial charge in [-0.25, -0.2) is 4.39 Å². The fraction of sp³-hybridized carbons (Fsp3) is 0.167. The quantitative estimate of drug-likeness (QED) is 0.736. The lowest BCUT2D eigenvalue weighted by Crippen LogP contribution is -1.92. The van der Waals surface area contributed by atoms with Gasteiger partial charge in [0.05, 0.1) is 0 Å². The summed E-state index contributed by atoms with van der Waals surface area (Å²) in [5.41, 5.74) is 4.42. The summed E-state index contributed by atoms with van der Waals surface area (Å²) in [7, 11) is 0. The van der Waals surface area contributed by atoms with Crippen LogP contribution in [0.1, 0.15) is 16.7 Å². The van der Waals surface area contributed by atoms with Gasteiger partial charge in [-0.3, -0.25) is 0 Å². The van der Waals surface area contributed by atoms with Gasteiger partial charge >= 0.3 is 0 Å². The van der Waals surface area contributed by atoms with Crippen LogP contribution < -0.4 is 0 Å². The summed E-state index contributed by atoms with van der Waals surface area (Å²) in [4.78, 5) is 3.28. The Balaban J connectivity index is 1.81. The lowest BCUT2D eigenvalue weighted by atomic mass is 10.0. The number of hydrogen-bond acceptors (Lipinski definition) is 1. The molecule has 2 N–H and O–H groups in total. The number of aliphatic hydroxyl groups is 1. The molecule has 3 heteroatoms. The second-order valence-electron chi connectivity index (χ2n) is 5.09. The van der Waals surface area contributed by atoms with Gasteiger partial charge in [-0.1, -0.05) is 30.3 Å². The highest BCUT2D eigenvalue weighted by atomic mass is 19.1. The van der Waals surface area contributed by atoms with Crippen molar-refractivity contribution in [1.82, 2.24) is 4.98 Å². The number of rotatable bonds is 5. The van der Waals surface area contributed by atoms with Gasteiger partial charge in [0.1, 0.15) is 5.82 Å². The molecule has 2 nitrogen and oxygen atoms in total. The van der Waals surface area contributed by atoms with Crippen molar-refractivity contribution in [2.45, 2.75) is 12.8 Å². The molecular formula is C18H17FNO. The smallest absolute Gasteiger partial charge is 0.123 e. The number of aromatic amines is 1. The normalized spacial score (nSPS) is 11.1. The van der Waals surface area contributed by atoms with Crippen LogP contribution in [0.25, 0.3) is 10.9 Å². The van der Waals surface area contributed by atoms with Crippen LogP contribution in [-0.2, 0) is 12.8 Å². The second kappa shape index (κ2) is 6.10. The van der Waals surface area contributed by atoms with E-state index in [0.717, 1.165) is 34.0 Å². The van der Waals surface area contributed by atoms with Crippen LogP contribution in [0.2, 0.25) is 0 Å². The Labute approximate surface area is 123 Å². The fourth-order valence-corrected chi connectivity index (χ4v) is 2.58. The van der Waals surface area contributed by atoms with Gasteiger partial charge in [0.25, 0.3) is 0 Å². The van der Waals surface area contributed by atoms with E-state index in [0.29, 0.717) is 6.42 Å². The zero-order valence-electron chi connectivity index (χ0n) is 11.6. The van der Waals surface area contributed by atoms with Crippen molar-refractivity contribution >= 4 is 10.9 Å².